The second-order valence-corrected chi connectivity index (χ2v) is 8.54. The fourth-order valence-electron chi connectivity index (χ4n) is 3.71. The zero-order valence-corrected chi connectivity index (χ0v) is 17.8. The third-order valence-corrected chi connectivity index (χ3v) is 6.14. The van der Waals surface area contributed by atoms with E-state index in [2.05, 4.69) is 21.7 Å². The van der Waals surface area contributed by atoms with E-state index < -0.39 is 0 Å². The molecule has 1 aromatic heterocycles. The number of nitrogens with zero attached hydrogens (tertiary/aromatic N) is 2. The maximum absolute atomic E-state index is 13.0. The summed E-state index contributed by atoms with van der Waals surface area (Å²) in [4.78, 5) is 29.2. The van der Waals surface area contributed by atoms with Gasteiger partial charge in [0.05, 0.1) is 18.4 Å². The molecule has 29 heavy (non-hydrogen) atoms. The highest BCUT2D eigenvalue weighted by Gasteiger charge is 2.29. The Bertz CT molecular complexity index is 808. The standard InChI is InChI=1S/C22H28FN3O2S/c1-25(2)20(18-9-11-29-15-18)13-24-22(28)17-4-3-10-26(14-17)21(27)12-16-5-7-19(23)8-6-16/h5-9,11,15,17,20H,3-4,10,12-14H2,1-2H3,(H,24,28)/t17-,20-/m1/s1. The largest absolute Gasteiger partial charge is 0.354 e. The monoisotopic (exact) mass is 417 g/mol. The summed E-state index contributed by atoms with van der Waals surface area (Å²) < 4.78 is 13.0. The summed E-state index contributed by atoms with van der Waals surface area (Å²) in [7, 11) is 4.01. The number of carbonyl (C=O) groups is 2. The molecule has 0 radical (unpaired) electrons. The van der Waals surface area contributed by atoms with Crippen LogP contribution in [-0.4, -0.2) is 55.3 Å². The highest BCUT2D eigenvalue weighted by atomic mass is 32.1. The van der Waals surface area contributed by atoms with Crippen LogP contribution < -0.4 is 5.32 Å². The van der Waals surface area contributed by atoms with Gasteiger partial charge in [0.25, 0.3) is 0 Å². The minimum Gasteiger partial charge on any atom is -0.354 e. The van der Waals surface area contributed by atoms with Crippen LogP contribution in [0.5, 0.6) is 0 Å². The number of halogens is 1. The van der Waals surface area contributed by atoms with Crippen LogP contribution in [0.15, 0.2) is 41.1 Å². The number of hydrogen-bond donors (Lipinski definition) is 1. The van der Waals surface area contributed by atoms with Crippen molar-refractivity contribution >= 4 is 23.2 Å². The molecular weight excluding hydrogens is 389 g/mol. The summed E-state index contributed by atoms with van der Waals surface area (Å²) in [5.41, 5.74) is 1.98. The Kier molecular flexibility index (Phi) is 7.39. The van der Waals surface area contributed by atoms with Crippen LogP contribution in [0.25, 0.3) is 0 Å². The van der Waals surface area contributed by atoms with Crippen LogP contribution in [0, 0.1) is 11.7 Å². The third kappa shape index (κ3) is 5.87. The molecule has 7 heteroatoms. The molecule has 2 heterocycles. The summed E-state index contributed by atoms with van der Waals surface area (Å²) in [5.74, 6) is -0.509. The van der Waals surface area contributed by atoms with E-state index in [-0.39, 0.29) is 36.0 Å². The third-order valence-electron chi connectivity index (χ3n) is 5.43. The van der Waals surface area contributed by atoms with Gasteiger partial charge < -0.3 is 15.1 Å². The molecule has 1 saturated heterocycles. The van der Waals surface area contributed by atoms with Crippen LogP contribution in [0.2, 0.25) is 0 Å². The lowest BCUT2D eigenvalue weighted by Gasteiger charge is -2.33. The topological polar surface area (TPSA) is 52.7 Å². The van der Waals surface area contributed by atoms with Crippen molar-refractivity contribution in [2.45, 2.75) is 25.3 Å². The average molecular weight is 418 g/mol. The SMILES string of the molecule is CN(C)[C@H](CNC(=O)[C@@H]1CCCN(C(=O)Cc2ccc(F)cc2)C1)c1ccsc1. The Labute approximate surface area is 175 Å². The Morgan fingerprint density at radius 3 is 2.69 bits per heavy atom. The van der Waals surface area contributed by atoms with E-state index in [0.717, 1.165) is 18.4 Å². The Morgan fingerprint density at radius 2 is 2.03 bits per heavy atom. The Hall–Kier alpha value is -2.25. The molecule has 0 aliphatic carbocycles. The van der Waals surface area contributed by atoms with Gasteiger partial charge in [-0.05, 0) is 67.0 Å². The van der Waals surface area contributed by atoms with E-state index >= 15 is 0 Å². The number of carbonyl (C=O) groups excluding carboxylic acids is 2. The van der Waals surface area contributed by atoms with Gasteiger partial charge in [-0.2, -0.15) is 11.3 Å². The highest BCUT2D eigenvalue weighted by molar-refractivity contribution is 7.07. The number of nitrogens with one attached hydrogen (secondary N) is 1. The molecular formula is C22H28FN3O2S. The van der Waals surface area contributed by atoms with E-state index in [0.29, 0.717) is 19.6 Å². The van der Waals surface area contributed by atoms with Crippen LogP contribution >= 0.6 is 11.3 Å². The van der Waals surface area contributed by atoms with Gasteiger partial charge >= 0.3 is 0 Å². The first-order valence-electron chi connectivity index (χ1n) is 9.92. The second kappa shape index (κ2) is 9.98. The van der Waals surface area contributed by atoms with Gasteiger partial charge in [-0.3, -0.25) is 9.59 Å². The average Bonchev–Trinajstić information content (AvgIpc) is 3.24. The smallest absolute Gasteiger partial charge is 0.227 e. The molecule has 1 fully saturated rings. The Balaban J connectivity index is 1.53. The number of hydrogen-bond acceptors (Lipinski definition) is 4. The summed E-state index contributed by atoms with van der Waals surface area (Å²) in [6.07, 6.45) is 1.83. The predicted molar refractivity (Wildman–Crippen MR) is 113 cm³/mol. The highest BCUT2D eigenvalue weighted by Crippen LogP contribution is 2.21. The number of piperidine rings is 1. The molecule has 1 aliphatic heterocycles. The van der Waals surface area contributed by atoms with E-state index in [9.17, 15) is 14.0 Å². The summed E-state index contributed by atoms with van der Waals surface area (Å²) in [5, 5.41) is 7.23. The van der Waals surface area contributed by atoms with Crippen molar-refractivity contribution in [2.24, 2.45) is 5.92 Å². The number of thiophene rings is 1. The van der Waals surface area contributed by atoms with Crippen molar-refractivity contribution in [3.63, 3.8) is 0 Å². The summed E-state index contributed by atoms with van der Waals surface area (Å²) >= 11 is 1.65. The van der Waals surface area contributed by atoms with Crippen LogP contribution in [0.4, 0.5) is 4.39 Å². The zero-order valence-electron chi connectivity index (χ0n) is 16.9. The van der Waals surface area contributed by atoms with Gasteiger partial charge in [0.15, 0.2) is 0 Å². The van der Waals surface area contributed by atoms with Crippen molar-refractivity contribution in [3.8, 4) is 0 Å². The molecule has 3 rings (SSSR count). The minimum absolute atomic E-state index is 0.00589. The van der Waals surface area contributed by atoms with Crippen molar-refractivity contribution in [3.05, 3.63) is 58.0 Å². The van der Waals surface area contributed by atoms with Crippen LogP contribution in [0.1, 0.15) is 30.0 Å². The van der Waals surface area contributed by atoms with Gasteiger partial charge in [0.1, 0.15) is 5.82 Å². The van der Waals surface area contributed by atoms with E-state index in [1.165, 1.54) is 17.7 Å². The zero-order chi connectivity index (χ0) is 20.8. The molecule has 1 aliphatic rings. The normalized spacial score (nSPS) is 17.9. The maximum Gasteiger partial charge on any atom is 0.227 e. The quantitative estimate of drug-likeness (QED) is 0.753. The van der Waals surface area contributed by atoms with Gasteiger partial charge in [-0.15, -0.1) is 0 Å². The first-order chi connectivity index (χ1) is 13.9. The van der Waals surface area contributed by atoms with Crippen LogP contribution in [-0.2, 0) is 16.0 Å². The fourth-order valence-corrected chi connectivity index (χ4v) is 4.42. The summed E-state index contributed by atoms with van der Waals surface area (Å²) in [6.45, 7) is 1.65. The lowest BCUT2D eigenvalue weighted by molar-refractivity contribution is -0.135. The molecule has 0 spiro atoms. The number of likely N-dealkylation sites (tertiary alicyclic amines) is 1. The van der Waals surface area contributed by atoms with E-state index in [4.69, 9.17) is 0 Å². The van der Waals surface area contributed by atoms with Gasteiger partial charge in [0, 0.05) is 19.6 Å². The van der Waals surface area contributed by atoms with E-state index in [1.807, 2.05) is 19.5 Å². The molecule has 2 aromatic rings. The van der Waals surface area contributed by atoms with Crippen molar-refractivity contribution in [1.82, 2.24) is 15.1 Å². The molecule has 5 nitrogen and oxygen atoms in total. The maximum atomic E-state index is 13.0. The summed E-state index contributed by atoms with van der Waals surface area (Å²) in [6, 6.07) is 8.20. The van der Waals surface area contributed by atoms with Gasteiger partial charge in [0.2, 0.25) is 11.8 Å². The number of benzene rings is 1. The van der Waals surface area contributed by atoms with Crippen molar-refractivity contribution < 1.29 is 14.0 Å². The number of likely N-dealkylation sites (N-methyl/N-ethyl adjacent to an activating group) is 1. The first-order valence-corrected chi connectivity index (χ1v) is 10.9. The van der Waals surface area contributed by atoms with Crippen molar-refractivity contribution in [1.29, 1.82) is 0 Å². The molecule has 0 saturated carbocycles. The van der Waals surface area contributed by atoms with Gasteiger partial charge in [-0.1, -0.05) is 12.1 Å². The molecule has 1 N–H and O–H groups in total. The molecule has 1 aromatic carbocycles. The molecule has 0 bridgehead atoms. The number of amides is 2. The Morgan fingerprint density at radius 1 is 1.28 bits per heavy atom. The first kappa shape index (κ1) is 21.5. The fraction of sp³-hybridized carbons (Fsp3) is 0.455. The minimum atomic E-state index is -0.311. The van der Waals surface area contributed by atoms with E-state index in [1.54, 1.807) is 28.4 Å². The molecule has 2 amide bonds. The predicted octanol–water partition coefficient (Wildman–Crippen LogP) is 3.09. The molecule has 156 valence electrons. The lowest BCUT2D eigenvalue weighted by atomic mass is 9.96. The van der Waals surface area contributed by atoms with Gasteiger partial charge in [-0.25, -0.2) is 4.39 Å². The van der Waals surface area contributed by atoms with Crippen molar-refractivity contribution in [2.75, 3.05) is 33.7 Å². The van der Waals surface area contributed by atoms with Crippen LogP contribution in [0.3, 0.4) is 0 Å². The lowest BCUT2D eigenvalue weighted by Crippen LogP contribution is -2.47. The second-order valence-electron chi connectivity index (χ2n) is 7.76. The molecule has 2 atom stereocenters. The number of rotatable bonds is 7. The molecule has 0 unspecified atom stereocenters.